The van der Waals surface area contributed by atoms with E-state index in [1.54, 1.807) is 0 Å². The molecule has 0 saturated heterocycles. The first kappa shape index (κ1) is 18.0. The third-order valence-corrected chi connectivity index (χ3v) is 2.88. The number of carbonyl (C=O) groups is 2. The van der Waals surface area contributed by atoms with Gasteiger partial charge in [0.2, 0.25) is 11.8 Å². The minimum absolute atomic E-state index is 0.113. The molecule has 0 aliphatic rings. The number of ether oxygens (including phenoxy) is 1. The molecular weight excluding hydrogens is 280 g/mol. The van der Waals surface area contributed by atoms with Gasteiger partial charge in [0.1, 0.15) is 5.75 Å². The van der Waals surface area contributed by atoms with Crippen molar-refractivity contribution in [2.24, 2.45) is 0 Å². The highest BCUT2D eigenvalue weighted by Gasteiger charge is 2.22. The quantitative estimate of drug-likeness (QED) is 0.849. The number of carbonyl (C=O) groups excluding carboxylic acids is 2. The minimum atomic E-state index is -0.414. The highest BCUT2D eigenvalue weighted by atomic mass is 16.5. The summed E-state index contributed by atoms with van der Waals surface area (Å²) >= 11 is 0. The highest BCUT2D eigenvalue weighted by Crippen LogP contribution is 2.27. The zero-order valence-corrected chi connectivity index (χ0v) is 14.0. The summed E-state index contributed by atoms with van der Waals surface area (Å²) in [5.74, 6) is 0.393. The van der Waals surface area contributed by atoms with E-state index in [2.05, 4.69) is 10.6 Å². The first-order valence-corrected chi connectivity index (χ1v) is 7.52. The lowest BCUT2D eigenvalue weighted by molar-refractivity contribution is -0.123. The van der Waals surface area contributed by atoms with E-state index >= 15 is 0 Å². The molecule has 0 unspecified atom stereocenters. The van der Waals surface area contributed by atoms with Gasteiger partial charge in [-0.15, -0.1) is 0 Å². The van der Waals surface area contributed by atoms with Crippen LogP contribution in [0.5, 0.6) is 5.75 Å². The van der Waals surface area contributed by atoms with Crippen molar-refractivity contribution in [2.45, 2.75) is 52.6 Å². The molecule has 5 heteroatoms. The van der Waals surface area contributed by atoms with Crippen LogP contribution in [-0.4, -0.2) is 24.0 Å². The lowest BCUT2D eigenvalue weighted by Crippen LogP contribution is -2.42. The molecule has 1 rings (SSSR count). The number of para-hydroxylation sites is 1. The van der Waals surface area contributed by atoms with Crippen LogP contribution in [0.3, 0.4) is 0 Å². The Hall–Kier alpha value is -2.04. The van der Waals surface area contributed by atoms with Crippen LogP contribution in [0.4, 0.5) is 0 Å². The van der Waals surface area contributed by atoms with Crippen LogP contribution >= 0.6 is 0 Å². The summed E-state index contributed by atoms with van der Waals surface area (Å²) in [6, 6.07) is 7.04. The molecule has 5 nitrogen and oxygen atoms in total. The van der Waals surface area contributed by atoms with E-state index in [1.807, 2.05) is 52.0 Å². The molecule has 0 spiro atoms. The van der Waals surface area contributed by atoms with Gasteiger partial charge in [-0.3, -0.25) is 9.59 Å². The number of rotatable bonds is 6. The van der Waals surface area contributed by atoms with E-state index < -0.39 is 6.04 Å². The van der Waals surface area contributed by atoms with Crippen molar-refractivity contribution in [1.29, 1.82) is 0 Å². The van der Waals surface area contributed by atoms with E-state index in [9.17, 15) is 9.59 Å². The Labute approximate surface area is 132 Å². The van der Waals surface area contributed by atoms with Gasteiger partial charge in [-0.2, -0.15) is 0 Å². The lowest BCUT2D eigenvalue weighted by atomic mass is 10.0. The molecule has 0 saturated carbocycles. The van der Waals surface area contributed by atoms with Gasteiger partial charge in [0.05, 0.1) is 19.1 Å². The van der Waals surface area contributed by atoms with Crippen LogP contribution in [0.2, 0.25) is 0 Å². The first-order chi connectivity index (χ1) is 10.2. The van der Waals surface area contributed by atoms with Crippen LogP contribution < -0.4 is 15.4 Å². The van der Waals surface area contributed by atoms with Gasteiger partial charge in [0, 0.05) is 18.0 Å². The Morgan fingerprint density at radius 2 is 1.86 bits per heavy atom. The zero-order chi connectivity index (χ0) is 16.8. The summed E-state index contributed by atoms with van der Waals surface area (Å²) in [6.07, 6.45) is 0.168. The number of hydrogen-bond donors (Lipinski definition) is 2. The largest absolute Gasteiger partial charge is 0.494 e. The van der Waals surface area contributed by atoms with Crippen LogP contribution in [0.15, 0.2) is 24.3 Å². The molecule has 0 aliphatic carbocycles. The fraction of sp³-hybridized carbons (Fsp3) is 0.529. The molecular formula is C17H26N2O3. The molecule has 0 aromatic heterocycles. The topological polar surface area (TPSA) is 67.4 Å². The number of benzene rings is 1. The van der Waals surface area contributed by atoms with E-state index in [0.29, 0.717) is 12.4 Å². The highest BCUT2D eigenvalue weighted by molar-refractivity contribution is 5.79. The minimum Gasteiger partial charge on any atom is -0.494 e. The molecule has 0 radical (unpaired) electrons. The Morgan fingerprint density at radius 1 is 1.23 bits per heavy atom. The fourth-order valence-electron chi connectivity index (χ4n) is 2.19. The molecule has 1 aromatic rings. The van der Waals surface area contributed by atoms with Gasteiger partial charge in [0.25, 0.3) is 0 Å². The van der Waals surface area contributed by atoms with Crippen LogP contribution in [0.25, 0.3) is 0 Å². The maximum absolute atomic E-state index is 12.2. The van der Waals surface area contributed by atoms with Gasteiger partial charge in [-0.25, -0.2) is 0 Å². The molecule has 0 heterocycles. The van der Waals surface area contributed by atoms with Gasteiger partial charge >= 0.3 is 0 Å². The summed E-state index contributed by atoms with van der Waals surface area (Å²) in [5, 5.41) is 5.74. The summed E-state index contributed by atoms with van der Waals surface area (Å²) in [7, 11) is 0. The second-order valence-corrected chi connectivity index (χ2v) is 6.23. The Morgan fingerprint density at radius 3 is 2.41 bits per heavy atom. The maximum atomic E-state index is 12.2. The molecule has 0 fully saturated rings. The van der Waals surface area contributed by atoms with Gasteiger partial charge < -0.3 is 15.4 Å². The van der Waals surface area contributed by atoms with Crippen molar-refractivity contribution in [2.75, 3.05) is 6.61 Å². The van der Waals surface area contributed by atoms with Crippen molar-refractivity contribution in [3.05, 3.63) is 29.8 Å². The lowest BCUT2D eigenvalue weighted by Gasteiger charge is -2.24. The second-order valence-electron chi connectivity index (χ2n) is 6.23. The smallest absolute Gasteiger partial charge is 0.222 e. The predicted molar refractivity (Wildman–Crippen MR) is 86.7 cm³/mol. The first-order valence-electron chi connectivity index (χ1n) is 7.52. The Balaban J connectivity index is 2.98. The predicted octanol–water partition coefficient (Wildman–Crippen LogP) is 2.57. The monoisotopic (exact) mass is 306 g/mol. The van der Waals surface area contributed by atoms with Crippen molar-refractivity contribution >= 4 is 11.8 Å². The second kappa shape index (κ2) is 7.82. The van der Waals surface area contributed by atoms with Crippen LogP contribution in [0.1, 0.15) is 52.6 Å². The van der Waals surface area contributed by atoms with E-state index in [-0.39, 0.29) is 23.8 Å². The summed E-state index contributed by atoms with van der Waals surface area (Å²) in [5.41, 5.74) is 0.501. The van der Waals surface area contributed by atoms with E-state index in [0.717, 1.165) is 5.56 Å². The van der Waals surface area contributed by atoms with Crippen LogP contribution in [0, 0.1) is 0 Å². The van der Waals surface area contributed by atoms with Crippen molar-refractivity contribution in [1.82, 2.24) is 10.6 Å². The van der Waals surface area contributed by atoms with Gasteiger partial charge in [-0.05, 0) is 33.8 Å². The van der Waals surface area contributed by atoms with Crippen molar-refractivity contribution in [3.8, 4) is 5.75 Å². The van der Waals surface area contributed by atoms with Crippen molar-refractivity contribution in [3.63, 3.8) is 0 Å². The molecule has 122 valence electrons. The molecule has 0 aliphatic heterocycles. The molecule has 1 aromatic carbocycles. The Kier molecular flexibility index (Phi) is 6.40. The number of nitrogens with one attached hydrogen (secondary N) is 2. The summed E-state index contributed by atoms with van der Waals surface area (Å²) in [4.78, 5) is 23.7. The third kappa shape index (κ3) is 6.16. The number of hydrogen-bond acceptors (Lipinski definition) is 3. The molecule has 1 atom stereocenters. The van der Waals surface area contributed by atoms with E-state index in [4.69, 9.17) is 4.74 Å². The molecule has 22 heavy (non-hydrogen) atoms. The SMILES string of the molecule is CCOc1ccccc1[C@@H](CC(=O)NC(C)(C)C)NC(C)=O. The van der Waals surface area contributed by atoms with Crippen molar-refractivity contribution < 1.29 is 14.3 Å². The van der Waals surface area contributed by atoms with Crippen LogP contribution in [-0.2, 0) is 9.59 Å². The molecule has 2 amide bonds. The van der Waals surface area contributed by atoms with Gasteiger partial charge in [0.15, 0.2) is 0 Å². The summed E-state index contributed by atoms with van der Waals surface area (Å²) < 4.78 is 5.60. The maximum Gasteiger partial charge on any atom is 0.222 e. The molecule has 2 N–H and O–H groups in total. The normalized spacial score (nSPS) is 12.4. The Bertz CT molecular complexity index is 521. The number of amides is 2. The molecule has 0 bridgehead atoms. The zero-order valence-electron chi connectivity index (χ0n) is 14.0. The fourth-order valence-corrected chi connectivity index (χ4v) is 2.19. The third-order valence-electron chi connectivity index (χ3n) is 2.88. The standard InChI is InChI=1S/C17H26N2O3/c1-6-22-15-10-8-7-9-13(15)14(18-12(2)20)11-16(21)19-17(3,4)5/h7-10,14H,6,11H2,1-5H3,(H,18,20)(H,19,21)/t14-/m1/s1. The van der Waals surface area contributed by atoms with E-state index in [1.165, 1.54) is 6.92 Å². The van der Waals surface area contributed by atoms with Gasteiger partial charge in [-0.1, -0.05) is 18.2 Å². The average molecular weight is 306 g/mol. The summed E-state index contributed by atoms with van der Waals surface area (Å²) in [6.45, 7) is 9.64. The average Bonchev–Trinajstić information content (AvgIpc) is 2.36.